The van der Waals surface area contributed by atoms with Crippen LogP contribution in [-0.4, -0.2) is 25.2 Å². The van der Waals surface area contributed by atoms with E-state index in [1.165, 1.54) is 31.2 Å². The SMILES string of the molecule is CC(=O)Nc1ccc(C(=O)Nc2c(F)ccc(NS(=O)(=O)c3ccc(C(C)(C)C)cc3)c2F)cn1. The van der Waals surface area contributed by atoms with Crippen molar-refractivity contribution < 1.29 is 26.8 Å². The fourth-order valence-corrected chi connectivity index (χ4v) is 4.11. The van der Waals surface area contributed by atoms with Crippen LogP contribution in [0.5, 0.6) is 0 Å². The summed E-state index contributed by atoms with van der Waals surface area (Å²) in [7, 11) is -4.19. The van der Waals surface area contributed by atoms with Gasteiger partial charge in [0.25, 0.3) is 15.9 Å². The molecular weight excluding hydrogens is 478 g/mol. The number of hydrogen-bond acceptors (Lipinski definition) is 5. The van der Waals surface area contributed by atoms with Crippen LogP contribution in [0.3, 0.4) is 0 Å². The summed E-state index contributed by atoms with van der Waals surface area (Å²) in [6, 6.07) is 10.5. The number of rotatable bonds is 6. The summed E-state index contributed by atoms with van der Waals surface area (Å²) in [5.74, 6) is -3.45. The maximum absolute atomic E-state index is 15.0. The van der Waals surface area contributed by atoms with Gasteiger partial charge < -0.3 is 10.6 Å². The molecule has 0 aliphatic heterocycles. The molecule has 1 aromatic heterocycles. The minimum absolute atomic E-state index is 0.0391. The van der Waals surface area contributed by atoms with Crippen molar-refractivity contribution in [2.75, 3.05) is 15.4 Å². The molecule has 0 unspecified atom stereocenters. The number of pyridine rings is 1. The summed E-state index contributed by atoms with van der Waals surface area (Å²) in [6.45, 7) is 7.22. The van der Waals surface area contributed by atoms with Crippen LogP contribution in [0.1, 0.15) is 43.6 Å². The van der Waals surface area contributed by atoms with Gasteiger partial charge in [-0.3, -0.25) is 14.3 Å². The molecular formula is C24H24F2N4O4S. The maximum Gasteiger partial charge on any atom is 0.261 e. The highest BCUT2D eigenvalue weighted by atomic mass is 32.2. The second kappa shape index (κ2) is 9.79. The van der Waals surface area contributed by atoms with Crippen molar-refractivity contribution in [2.24, 2.45) is 0 Å². The molecule has 8 nitrogen and oxygen atoms in total. The summed E-state index contributed by atoms with van der Waals surface area (Å²) >= 11 is 0. The first-order valence-electron chi connectivity index (χ1n) is 10.4. The van der Waals surface area contributed by atoms with Gasteiger partial charge in [-0.25, -0.2) is 22.2 Å². The van der Waals surface area contributed by atoms with Gasteiger partial charge in [0.1, 0.15) is 17.3 Å². The third-order valence-electron chi connectivity index (χ3n) is 4.93. The van der Waals surface area contributed by atoms with Gasteiger partial charge in [0.2, 0.25) is 5.91 Å². The van der Waals surface area contributed by atoms with Crippen LogP contribution < -0.4 is 15.4 Å². The summed E-state index contributed by atoms with van der Waals surface area (Å²) in [4.78, 5) is 27.3. The van der Waals surface area contributed by atoms with Crippen LogP contribution in [0, 0.1) is 11.6 Å². The van der Waals surface area contributed by atoms with Gasteiger partial charge in [0.15, 0.2) is 5.82 Å². The predicted octanol–water partition coefficient (Wildman–Crippen LogP) is 4.67. The van der Waals surface area contributed by atoms with Crippen molar-refractivity contribution in [1.29, 1.82) is 0 Å². The van der Waals surface area contributed by atoms with Crippen molar-refractivity contribution in [3.05, 3.63) is 77.5 Å². The highest BCUT2D eigenvalue weighted by molar-refractivity contribution is 7.92. The number of sulfonamides is 1. The summed E-state index contributed by atoms with van der Waals surface area (Å²) < 4.78 is 57.0. The molecule has 35 heavy (non-hydrogen) atoms. The van der Waals surface area contributed by atoms with Crippen LogP contribution in [0.15, 0.2) is 59.6 Å². The number of anilines is 3. The average molecular weight is 503 g/mol. The Morgan fingerprint density at radius 2 is 1.57 bits per heavy atom. The molecule has 0 aliphatic rings. The van der Waals surface area contributed by atoms with E-state index in [0.717, 1.165) is 23.9 Å². The average Bonchev–Trinajstić information content (AvgIpc) is 2.78. The Hall–Kier alpha value is -3.86. The summed E-state index contributed by atoms with van der Waals surface area (Å²) in [5.41, 5.74) is -0.687. The second-order valence-corrected chi connectivity index (χ2v) is 10.4. The molecule has 184 valence electrons. The molecule has 3 rings (SSSR count). The van der Waals surface area contributed by atoms with E-state index in [-0.39, 0.29) is 27.6 Å². The van der Waals surface area contributed by atoms with Gasteiger partial charge in [0, 0.05) is 13.1 Å². The van der Waals surface area contributed by atoms with Gasteiger partial charge in [-0.1, -0.05) is 32.9 Å². The van der Waals surface area contributed by atoms with E-state index in [4.69, 9.17) is 0 Å². The molecule has 0 radical (unpaired) electrons. The summed E-state index contributed by atoms with van der Waals surface area (Å²) in [6.07, 6.45) is 1.12. The van der Waals surface area contributed by atoms with E-state index in [1.54, 1.807) is 12.1 Å². The van der Waals surface area contributed by atoms with Crippen LogP contribution in [0.2, 0.25) is 0 Å². The van der Waals surface area contributed by atoms with E-state index in [1.807, 2.05) is 20.8 Å². The van der Waals surface area contributed by atoms with Crippen molar-refractivity contribution in [3.8, 4) is 0 Å². The standard InChI is InChI=1S/C24H24F2N4O4S/c1-14(31)28-20-12-5-15(13-27-20)23(32)29-22-18(25)10-11-19(21(22)26)30-35(33,34)17-8-6-16(7-9-17)24(2,3)4/h5-13,30H,1-4H3,(H,29,32)(H,27,28,31). The number of halogens is 2. The van der Waals surface area contributed by atoms with Crippen molar-refractivity contribution >= 4 is 39.0 Å². The van der Waals surface area contributed by atoms with E-state index < -0.39 is 38.9 Å². The molecule has 3 aromatic rings. The molecule has 2 amide bonds. The fraction of sp³-hybridized carbons (Fsp3) is 0.208. The van der Waals surface area contributed by atoms with Gasteiger partial charge in [0.05, 0.1) is 16.1 Å². The molecule has 2 aromatic carbocycles. The lowest BCUT2D eigenvalue weighted by Gasteiger charge is -2.19. The largest absolute Gasteiger partial charge is 0.317 e. The lowest BCUT2D eigenvalue weighted by molar-refractivity contribution is -0.114. The summed E-state index contributed by atoms with van der Waals surface area (Å²) in [5, 5.41) is 4.52. The lowest BCUT2D eigenvalue weighted by atomic mass is 9.87. The zero-order valence-electron chi connectivity index (χ0n) is 19.4. The molecule has 11 heteroatoms. The Kier molecular flexibility index (Phi) is 7.20. The number of carbonyl (C=O) groups is 2. The van der Waals surface area contributed by atoms with E-state index in [9.17, 15) is 22.4 Å². The lowest BCUT2D eigenvalue weighted by Crippen LogP contribution is -2.18. The predicted molar refractivity (Wildman–Crippen MR) is 129 cm³/mol. The molecule has 0 spiro atoms. The smallest absolute Gasteiger partial charge is 0.261 e. The second-order valence-electron chi connectivity index (χ2n) is 8.73. The number of aromatic nitrogens is 1. The molecule has 0 aliphatic carbocycles. The highest BCUT2D eigenvalue weighted by Gasteiger charge is 2.22. The number of carbonyl (C=O) groups excluding carboxylic acids is 2. The normalized spacial score (nSPS) is 11.6. The zero-order valence-corrected chi connectivity index (χ0v) is 20.3. The van der Waals surface area contributed by atoms with Crippen LogP contribution in [0.25, 0.3) is 0 Å². The number of benzene rings is 2. The molecule has 0 fully saturated rings. The van der Waals surface area contributed by atoms with Gasteiger partial charge in [-0.05, 0) is 47.4 Å². The zero-order chi connectivity index (χ0) is 26.0. The Bertz CT molecular complexity index is 1370. The van der Waals surface area contributed by atoms with E-state index in [2.05, 4.69) is 20.3 Å². The first-order chi connectivity index (χ1) is 16.3. The first-order valence-corrected chi connectivity index (χ1v) is 11.9. The van der Waals surface area contributed by atoms with Crippen molar-refractivity contribution in [2.45, 2.75) is 38.0 Å². The van der Waals surface area contributed by atoms with Crippen LogP contribution >= 0.6 is 0 Å². The quantitative estimate of drug-likeness (QED) is 0.453. The van der Waals surface area contributed by atoms with E-state index >= 15 is 4.39 Å². The Labute approximate surface area is 201 Å². The Morgan fingerprint density at radius 1 is 0.914 bits per heavy atom. The van der Waals surface area contributed by atoms with Gasteiger partial charge >= 0.3 is 0 Å². The maximum atomic E-state index is 15.0. The monoisotopic (exact) mass is 502 g/mol. The van der Waals surface area contributed by atoms with Crippen LogP contribution in [-0.2, 0) is 20.2 Å². The minimum atomic E-state index is -4.19. The Morgan fingerprint density at radius 3 is 2.11 bits per heavy atom. The third kappa shape index (κ3) is 6.18. The van der Waals surface area contributed by atoms with Gasteiger partial charge in [-0.15, -0.1) is 0 Å². The molecule has 0 atom stereocenters. The number of nitrogens with one attached hydrogen (secondary N) is 3. The van der Waals surface area contributed by atoms with Crippen molar-refractivity contribution in [1.82, 2.24) is 4.98 Å². The molecule has 3 N–H and O–H groups in total. The van der Waals surface area contributed by atoms with E-state index in [0.29, 0.717) is 0 Å². The molecule has 1 heterocycles. The Balaban J connectivity index is 1.83. The molecule has 0 bridgehead atoms. The van der Waals surface area contributed by atoms with Crippen LogP contribution in [0.4, 0.5) is 26.0 Å². The topological polar surface area (TPSA) is 117 Å². The number of hydrogen-bond donors (Lipinski definition) is 3. The highest BCUT2D eigenvalue weighted by Crippen LogP contribution is 2.29. The van der Waals surface area contributed by atoms with Crippen molar-refractivity contribution in [3.63, 3.8) is 0 Å². The minimum Gasteiger partial charge on any atom is -0.317 e. The first kappa shape index (κ1) is 25.8. The molecule has 0 saturated heterocycles. The fourth-order valence-electron chi connectivity index (χ4n) is 3.05. The molecule has 0 saturated carbocycles. The number of amides is 2. The van der Waals surface area contributed by atoms with Gasteiger partial charge in [-0.2, -0.15) is 0 Å². The third-order valence-corrected chi connectivity index (χ3v) is 6.32. The number of nitrogens with zero attached hydrogens (tertiary/aromatic N) is 1.